The minimum atomic E-state index is -1.18. The Balaban J connectivity index is 1.23. The molecule has 3 aromatic heterocycles. The van der Waals surface area contributed by atoms with Gasteiger partial charge in [-0.1, -0.05) is 18.0 Å². The van der Waals surface area contributed by atoms with Crippen LogP contribution in [0, 0.1) is 24.1 Å². The van der Waals surface area contributed by atoms with E-state index >= 15 is 4.39 Å². The van der Waals surface area contributed by atoms with E-state index in [4.69, 9.17) is 45.5 Å². The summed E-state index contributed by atoms with van der Waals surface area (Å²) in [5, 5.41) is 19.5. The molecular weight excluding hydrogens is 665 g/mol. The lowest BCUT2D eigenvalue weighted by Gasteiger charge is -2.46. The van der Waals surface area contributed by atoms with Crippen molar-refractivity contribution in [2.75, 3.05) is 71.2 Å². The molecule has 2 N–H and O–H groups in total. The molecule has 14 heteroatoms. The standard InChI is InChI=1S/C36H45ClFN7O5/c1-21-14-24-23(15-39-43-24)26(28(21)37)30-29(38)31-27(33(40-30)47-3)32(45-11-13-49-19-35(2,46)18-45)42-34(41-31)50-20-36-8-4-6-25(36)44(10-5-9-36)16-22-7-12-48-17-22/h14-15,22,25,46H,4-13,16-20H2,1-3H3,(H,39,43)/t22?,25-,35+,36-/m1/s1. The number of nitrogens with one attached hydrogen (secondary N) is 1. The number of aromatic nitrogens is 5. The highest BCUT2D eigenvalue weighted by molar-refractivity contribution is 6.35. The molecule has 3 aliphatic heterocycles. The summed E-state index contributed by atoms with van der Waals surface area (Å²) in [7, 11) is 1.48. The number of fused-ring (bicyclic) bond motifs is 3. The van der Waals surface area contributed by atoms with Gasteiger partial charge in [0.2, 0.25) is 5.88 Å². The first-order valence-corrected chi connectivity index (χ1v) is 18.1. The monoisotopic (exact) mass is 709 g/mol. The lowest BCUT2D eigenvalue weighted by molar-refractivity contribution is -0.0123. The Hall–Kier alpha value is -3.36. The summed E-state index contributed by atoms with van der Waals surface area (Å²) in [6.07, 6.45) is 8.21. The van der Waals surface area contributed by atoms with Crippen LogP contribution in [-0.2, 0) is 9.47 Å². The molecule has 1 aliphatic carbocycles. The Bertz CT molecular complexity index is 1900. The van der Waals surface area contributed by atoms with Gasteiger partial charge in [0.25, 0.3) is 0 Å². The van der Waals surface area contributed by atoms with Crippen molar-refractivity contribution in [1.82, 2.24) is 30.0 Å². The molecule has 0 amide bonds. The molecule has 50 heavy (non-hydrogen) atoms. The van der Waals surface area contributed by atoms with Crippen LogP contribution in [0.4, 0.5) is 10.2 Å². The second-order valence-electron chi connectivity index (χ2n) is 14.9. The summed E-state index contributed by atoms with van der Waals surface area (Å²) in [5.74, 6) is 0.382. The van der Waals surface area contributed by atoms with Crippen LogP contribution in [0.2, 0.25) is 5.02 Å². The molecular formula is C36H45ClFN7O5. The number of anilines is 1. The number of rotatable bonds is 8. The number of pyridine rings is 1. The predicted molar refractivity (Wildman–Crippen MR) is 188 cm³/mol. The fourth-order valence-corrected chi connectivity index (χ4v) is 9.07. The summed E-state index contributed by atoms with van der Waals surface area (Å²) in [6, 6.07) is 2.34. The van der Waals surface area contributed by atoms with Crippen LogP contribution < -0.4 is 14.4 Å². The predicted octanol–water partition coefficient (Wildman–Crippen LogP) is 5.32. The zero-order valence-corrected chi connectivity index (χ0v) is 29.7. The summed E-state index contributed by atoms with van der Waals surface area (Å²) < 4.78 is 41.0. The van der Waals surface area contributed by atoms with E-state index in [0.29, 0.717) is 59.0 Å². The average molecular weight is 710 g/mol. The molecule has 4 atom stereocenters. The second kappa shape index (κ2) is 13.3. The van der Waals surface area contributed by atoms with Gasteiger partial charge in [0.1, 0.15) is 28.0 Å². The second-order valence-corrected chi connectivity index (χ2v) is 15.3. The Kier molecular flexibility index (Phi) is 8.99. The number of benzene rings is 1. The van der Waals surface area contributed by atoms with Gasteiger partial charge in [-0.15, -0.1) is 0 Å². The highest BCUT2D eigenvalue weighted by Gasteiger charge is 2.49. The Labute approximate surface area is 295 Å². The van der Waals surface area contributed by atoms with Crippen molar-refractivity contribution in [3.63, 3.8) is 0 Å². The van der Waals surface area contributed by atoms with Crippen LogP contribution in [0.1, 0.15) is 51.0 Å². The molecule has 4 aliphatic rings. The number of ether oxygens (including phenoxy) is 4. The Morgan fingerprint density at radius 2 is 2.00 bits per heavy atom. The van der Waals surface area contributed by atoms with Gasteiger partial charge in [-0.3, -0.25) is 10.00 Å². The van der Waals surface area contributed by atoms with Crippen LogP contribution in [0.3, 0.4) is 0 Å². The van der Waals surface area contributed by atoms with Gasteiger partial charge in [0.15, 0.2) is 5.82 Å². The van der Waals surface area contributed by atoms with Crippen molar-refractivity contribution in [3.05, 3.63) is 28.7 Å². The van der Waals surface area contributed by atoms with E-state index in [1.54, 1.807) is 13.1 Å². The minimum absolute atomic E-state index is 0.00199. The highest BCUT2D eigenvalue weighted by Crippen LogP contribution is 2.49. The van der Waals surface area contributed by atoms with Gasteiger partial charge in [-0.05, 0) is 70.0 Å². The SMILES string of the molecule is COc1nc(-c2c(Cl)c(C)cc3[nH]ncc23)c(F)c2nc(OC[C@]34CCC[C@H]3N(CC3CCOC3)CCC4)nc(N3CCOC[C@@](C)(O)C3)c12. The van der Waals surface area contributed by atoms with Crippen molar-refractivity contribution in [2.24, 2.45) is 11.3 Å². The van der Waals surface area contributed by atoms with E-state index in [0.717, 1.165) is 70.4 Å². The zero-order chi connectivity index (χ0) is 34.6. The van der Waals surface area contributed by atoms with Gasteiger partial charge in [0.05, 0.1) is 56.8 Å². The topological polar surface area (TPSA) is 131 Å². The molecule has 0 radical (unpaired) electrons. The summed E-state index contributed by atoms with van der Waals surface area (Å²) in [4.78, 5) is 18.9. The summed E-state index contributed by atoms with van der Waals surface area (Å²) in [6.45, 7) is 8.90. The van der Waals surface area contributed by atoms with Crippen LogP contribution in [0.15, 0.2) is 12.3 Å². The maximum absolute atomic E-state index is 17.2. The van der Waals surface area contributed by atoms with E-state index in [1.807, 2.05) is 17.9 Å². The molecule has 0 bridgehead atoms. The first-order chi connectivity index (χ1) is 24.2. The first kappa shape index (κ1) is 33.8. The van der Waals surface area contributed by atoms with Gasteiger partial charge in [-0.25, -0.2) is 9.37 Å². The number of halogens is 2. The summed E-state index contributed by atoms with van der Waals surface area (Å²) in [5.41, 5.74) is 0.602. The minimum Gasteiger partial charge on any atom is -0.480 e. The lowest BCUT2D eigenvalue weighted by Crippen LogP contribution is -2.53. The largest absolute Gasteiger partial charge is 0.480 e. The lowest BCUT2D eigenvalue weighted by atomic mass is 9.75. The molecule has 8 rings (SSSR count). The molecule has 6 heterocycles. The number of likely N-dealkylation sites (tertiary alicyclic amines) is 1. The molecule has 4 fully saturated rings. The molecule has 1 saturated carbocycles. The van der Waals surface area contributed by atoms with Crippen LogP contribution in [0.5, 0.6) is 11.9 Å². The first-order valence-electron chi connectivity index (χ1n) is 17.7. The Morgan fingerprint density at radius 3 is 2.82 bits per heavy atom. The number of nitrogens with zero attached hydrogens (tertiary/aromatic N) is 6. The van der Waals surface area contributed by atoms with Crippen molar-refractivity contribution in [2.45, 2.75) is 64.0 Å². The number of aliphatic hydroxyl groups is 1. The number of hydrogen-bond acceptors (Lipinski definition) is 11. The van der Waals surface area contributed by atoms with Crippen molar-refractivity contribution < 1.29 is 28.4 Å². The Morgan fingerprint density at radius 1 is 1.14 bits per heavy atom. The third kappa shape index (κ3) is 6.04. The molecule has 1 aromatic carbocycles. The van der Waals surface area contributed by atoms with Crippen LogP contribution in [-0.4, -0.2) is 113 Å². The number of hydrogen-bond donors (Lipinski definition) is 2. The molecule has 4 aromatic rings. The van der Waals surface area contributed by atoms with E-state index in [9.17, 15) is 5.11 Å². The molecule has 12 nitrogen and oxygen atoms in total. The van der Waals surface area contributed by atoms with Crippen molar-refractivity contribution in [1.29, 1.82) is 0 Å². The third-order valence-corrected chi connectivity index (χ3v) is 11.7. The van der Waals surface area contributed by atoms with Gasteiger partial charge >= 0.3 is 6.01 Å². The third-order valence-electron chi connectivity index (χ3n) is 11.2. The molecule has 3 saturated heterocycles. The zero-order valence-electron chi connectivity index (χ0n) is 28.9. The van der Waals surface area contributed by atoms with E-state index in [-0.39, 0.29) is 47.1 Å². The number of aryl methyl sites for hydroxylation is 1. The number of β-amino-alcohol motifs (C(OH)–C–C–N with tert-alkyl or cyclic N) is 1. The smallest absolute Gasteiger partial charge is 0.319 e. The van der Waals surface area contributed by atoms with Crippen molar-refractivity contribution in [3.8, 4) is 23.1 Å². The maximum atomic E-state index is 17.2. The maximum Gasteiger partial charge on any atom is 0.319 e. The number of methoxy groups -OCH3 is 1. The van der Waals surface area contributed by atoms with Crippen LogP contribution in [0.25, 0.3) is 33.1 Å². The number of aromatic amines is 1. The fraction of sp³-hybridized carbons (Fsp3) is 0.611. The molecule has 0 spiro atoms. The van der Waals surface area contributed by atoms with E-state index < -0.39 is 11.4 Å². The highest BCUT2D eigenvalue weighted by atomic mass is 35.5. The molecule has 268 valence electrons. The van der Waals surface area contributed by atoms with E-state index in [2.05, 4.69) is 15.1 Å². The quantitative estimate of drug-likeness (QED) is 0.247. The summed E-state index contributed by atoms with van der Waals surface area (Å²) >= 11 is 6.86. The normalized spacial score (nSPS) is 27.6. The van der Waals surface area contributed by atoms with E-state index in [1.165, 1.54) is 7.11 Å². The number of H-pyrrole nitrogens is 1. The van der Waals surface area contributed by atoms with Crippen molar-refractivity contribution >= 4 is 39.2 Å². The fourth-order valence-electron chi connectivity index (χ4n) is 8.82. The van der Waals surface area contributed by atoms with Gasteiger partial charge < -0.3 is 29.0 Å². The molecule has 1 unspecified atom stereocenters. The average Bonchev–Trinajstić information content (AvgIpc) is 3.86. The van der Waals surface area contributed by atoms with Gasteiger partial charge in [-0.2, -0.15) is 15.1 Å². The van der Waals surface area contributed by atoms with Gasteiger partial charge in [0, 0.05) is 42.1 Å². The van der Waals surface area contributed by atoms with Crippen LogP contribution >= 0.6 is 11.6 Å². The number of piperidine rings is 1.